The van der Waals surface area contributed by atoms with Gasteiger partial charge in [-0.2, -0.15) is 0 Å². The third kappa shape index (κ3) is 4.03. The first-order valence-corrected chi connectivity index (χ1v) is 7.04. The molecule has 0 radical (unpaired) electrons. The molecule has 0 saturated carbocycles. The Labute approximate surface area is 133 Å². The zero-order chi connectivity index (χ0) is 16.9. The Balaban J connectivity index is 2.16. The van der Waals surface area contributed by atoms with Crippen LogP contribution in [-0.2, 0) is 4.79 Å². The normalized spacial score (nSPS) is 13.0. The molecule has 1 atom stereocenters. The molecule has 7 nitrogen and oxygen atoms in total. The average molecular weight is 315 g/mol. The maximum Gasteiger partial charge on any atom is 0.329 e. The van der Waals surface area contributed by atoms with Gasteiger partial charge in [0.15, 0.2) is 0 Å². The molecule has 1 aromatic heterocycles. The summed E-state index contributed by atoms with van der Waals surface area (Å²) in [6, 6.07) is 6.41. The first-order valence-electron chi connectivity index (χ1n) is 7.04. The number of aromatic nitrogens is 2. The molecule has 23 heavy (non-hydrogen) atoms. The number of carboxylic acid groups (broad SMARTS) is 1. The first kappa shape index (κ1) is 16.4. The minimum atomic E-state index is -1.32. The van der Waals surface area contributed by atoms with Crippen LogP contribution in [0.2, 0.25) is 0 Å². The average Bonchev–Trinajstić information content (AvgIpc) is 2.55. The smallest absolute Gasteiger partial charge is 0.329 e. The molecule has 120 valence electrons. The number of carboxylic acids is 1. The van der Waals surface area contributed by atoms with Gasteiger partial charge in [-0.15, -0.1) is 0 Å². The van der Waals surface area contributed by atoms with Gasteiger partial charge in [-0.05, 0) is 31.5 Å². The van der Waals surface area contributed by atoms with Gasteiger partial charge in [-0.3, -0.25) is 9.78 Å². The van der Waals surface area contributed by atoms with E-state index >= 15 is 0 Å². The zero-order valence-corrected chi connectivity index (χ0v) is 12.8. The molecule has 0 aliphatic heterocycles. The first-order chi connectivity index (χ1) is 10.9. The Hall–Kier alpha value is -2.96. The van der Waals surface area contributed by atoms with Gasteiger partial charge in [0, 0.05) is 18.0 Å². The van der Waals surface area contributed by atoms with Gasteiger partial charge in [0.05, 0.1) is 6.20 Å². The molecule has 1 unspecified atom stereocenters. The van der Waals surface area contributed by atoms with Gasteiger partial charge >= 0.3 is 5.97 Å². The highest BCUT2D eigenvalue weighted by atomic mass is 16.5. The highest BCUT2D eigenvalue weighted by Crippen LogP contribution is 2.20. The van der Waals surface area contributed by atoms with Gasteiger partial charge in [0.25, 0.3) is 5.91 Å². The third-order valence-electron chi connectivity index (χ3n) is 3.43. The molecule has 1 amide bonds. The summed E-state index contributed by atoms with van der Waals surface area (Å²) in [6.07, 6.45) is 4.73. The lowest BCUT2D eigenvalue weighted by atomic mass is 9.98. The summed E-state index contributed by atoms with van der Waals surface area (Å²) in [6.45, 7) is 3.16. The van der Waals surface area contributed by atoms with Crippen molar-refractivity contribution in [3.8, 4) is 11.6 Å². The van der Waals surface area contributed by atoms with E-state index in [1.807, 2.05) is 0 Å². The quantitative estimate of drug-likeness (QED) is 0.848. The number of ether oxygens (including phenoxy) is 1. The molecule has 0 aliphatic carbocycles. The standard InChI is InChI=1S/C16H17N3O4/c1-3-16(2,15(21)22)19-14(20)11-5-4-6-12(9-11)23-13-10-17-7-8-18-13/h4-10H,3H2,1-2H3,(H,19,20)(H,21,22). The highest BCUT2D eigenvalue weighted by Gasteiger charge is 2.33. The molecular formula is C16H17N3O4. The topological polar surface area (TPSA) is 101 Å². The summed E-state index contributed by atoms with van der Waals surface area (Å²) < 4.78 is 5.50. The Morgan fingerprint density at radius 3 is 2.74 bits per heavy atom. The van der Waals surface area contributed by atoms with E-state index in [1.165, 1.54) is 31.6 Å². The van der Waals surface area contributed by atoms with E-state index in [0.717, 1.165) is 0 Å². The van der Waals surface area contributed by atoms with E-state index in [9.17, 15) is 14.7 Å². The number of amides is 1. The van der Waals surface area contributed by atoms with Crippen molar-refractivity contribution in [2.45, 2.75) is 25.8 Å². The van der Waals surface area contributed by atoms with Crippen molar-refractivity contribution in [1.82, 2.24) is 15.3 Å². The van der Waals surface area contributed by atoms with Crippen LogP contribution < -0.4 is 10.1 Å². The van der Waals surface area contributed by atoms with Gasteiger partial charge < -0.3 is 15.2 Å². The van der Waals surface area contributed by atoms with E-state index in [-0.39, 0.29) is 6.42 Å². The summed E-state index contributed by atoms with van der Waals surface area (Å²) in [4.78, 5) is 31.4. The third-order valence-corrected chi connectivity index (χ3v) is 3.43. The number of carbonyl (C=O) groups is 2. The fraction of sp³-hybridized carbons (Fsp3) is 0.250. The predicted molar refractivity (Wildman–Crippen MR) is 82.3 cm³/mol. The molecular weight excluding hydrogens is 298 g/mol. The number of rotatable bonds is 6. The monoisotopic (exact) mass is 315 g/mol. The van der Waals surface area contributed by atoms with Crippen LogP contribution in [0.5, 0.6) is 11.6 Å². The van der Waals surface area contributed by atoms with Crippen LogP contribution in [0, 0.1) is 0 Å². The van der Waals surface area contributed by atoms with Crippen LogP contribution in [0.4, 0.5) is 0 Å². The fourth-order valence-electron chi connectivity index (χ4n) is 1.78. The van der Waals surface area contributed by atoms with Gasteiger partial charge in [0.1, 0.15) is 11.3 Å². The number of benzene rings is 1. The number of hydrogen-bond donors (Lipinski definition) is 2. The number of hydrogen-bond acceptors (Lipinski definition) is 5. The van der Waals surface area contributed by atoms with Crippen molar-refractivity contribution in [1.29, 1.82) is 0 Å². The SMILES string of the molecule is CCC(C)(NC(=O)c1cccc(Oc2cnccn2)c1)C(=O)O. The van der Waals surface area contributed by atoms with E-state index in [0.29, 0.717) is 17.2 Å². The Morgan fingerprint density at radius 1 is 1.35 bits per heavy atom. The van der Waals surface area contributed by atoms with Crippen LogP contribution in [0.3, 0.4) is 0 Å². The number of carbonyl (C=O) groups excluding carboxylic acids is 1. The molecule has 0 bridgehead atoms. The van der Waals surface area contributed by atoms with E-state index in [2.05, 4.69) is 15.3 Å². The van der Waals surface area contributed by atoms with Crippen molar-refractivity contribution in [3.63, 3.8) is 0 Å². The summed E-state index contributed by atoms with van der Waals surface area (Å²) in [5.41, 5.74) is -1.02. The Bertz CT molecular complexity index is 705. The summed E-state index contributed by atoms with van der Waals surface area (Å²) >= 11 is 0. The molecule has 2 N–H and O–H groups in total. The van der Waals surface area contributed by atoms with Crippen LogP contribution >= 0.6 is 0 Å². The fourth-order valence-corrected chi connectivity index (χ4v) is 1.78. The number of nitrogens with one attached hydrogen (secondary N) is 1. The molecule has 0 aliphatic rings. The van der Waals surface area contributed by atoms with Gasteiger partial charge in [-0.1, -0.05) is 13.0 Å². The number of aliphatic carboxylic acids is 1. The lowest BCUT2D eigenvalue weighted by Gasteiger charge is -2.24. The molecule has 0 fully saturated rings. The lowest BCUT2D eigenvalue weighted by Crippen LogP contribution is -2.51. The van der Waals surface area contributed by atoms with Crippen molar-refractivity contribution < 1.29 is 19.4 Å². The van der Waals surface area contributed by atoms with Crippen molar-refractivity contribution >= 4 is 11.9 Å². The molecule has 0 saturated heterocycles. The molecule has 2 aromatic rings. The Kier molecular flexibility index (Phi) is 4.90. The highest BCUT2D eigenvalue weighted by molar-refractivity contribution is 5.98. The second kappa shape index (κ2) is 6.87. The molecule has 7 heteroatoms. The van der Waals surface area contributed by atoms with Gasteiger partial charge in [0.2, 0.25) is 5.88 Å². The second-order valence-electron chi connectivity index (χ2n) is 5.12. The number of nitrogens with zero attached hydrogens (tertiary/aromatic N) is 2. The van der Waals surface area contributed by atoms with E-state index < -0.39 is 17.4 Å². The molecule has 1 heterocycles. The Morgan fingerprint density at radius 2 is 2.13 bits per heavy atom. The predicted octanol–water partition coefficient (Wildman–Crippen LogP) is 2.25. The van der Waals surface area contributed by atoms with E-state index in [4.69, 9.17) is 4.74 Å². The molecule has 1 aromatic carbocycles. The van der Waals surface area contributed by atoms with Crippen LogP contribution in [0.15, 0.2) is 42.9 Å². The van der Waals surface area contributed by atoms with Crippen LogP contribution in [0.25, 0.3) is 0 Å². The molecule has 0 spiro atoms. The minimum absolute atomic E-state index is 0.268. The maximum absolute atomic E-state index is 12.3. The summed E-state index contributed by atoms with van der Waals surface area (Å²) in [7, 11) is 0. The zero-order valence-electron chi connectivity index (χ0n) is 12.8. The van der Waals surface area contributed by atoms with Gasteiger partial charge in [-0.25, -0.2) is 9.78 Å². The minimum Gasteiger partial charge on any atom is -0.480 e. The maximum atomic E-state index is 12.3. The summed E-state index contributed by atoms with van der Waals surface area (Å²) in [5.74, 6) is -0.859. The van der Waals surface area contributed by atoms with Crippen molar-refractivity contribution in [2.24, 2.45) is 0 Å². The van der Waals surface area contributed by atoms with Crippen LogP contribution in [0.1, 0.15) is 30.6 Å². The van der Waals surface area contributed by atoms with E-state index in [1.54, 1.807) is 25.1 Å². The van der Waals surface area contributed by atoms with Crippen molar-refractivity contribution in [3.05, 3.63) is 48.4 Å². The largest absolute Gasteiger partial charge is 0.480 e. The second-order valence-corrected chi connectivity index (χ2v) is 5.12. The van der Waals surface area contributed by atoms with Crippen molar-refractivity contribution in [2.75, 3.05) is 0 Å². The van der Waals surface area contributed by atoms with Crippen LogP contribution in [-0.4, -0.2) is 32.5 Å². The summed E-state index contributed by atoms with van der Waals surface area (Å²) in [5, 5.41) is 11.8. The molecule has 2 rings (SSSR count). The lowest BCUT2D eigenvalue weighted by molar-refractivity contribution is -0.143.